The second-order valence-corrected chi connectivity index (χ2v) is 3.54. The molecule has 0 amide bonds. The first-order valence-corrected chi connectivity index (χ1v) is 4.49. The van der Waals surface area contributed by atoms with Crippen molar-refractivity contribution in [2.75, 3.05) is 6.61 Å². The third-order valence-electron chi connectivity index (χ3n) is 0.953. The Bertz CT molecular complexity index is 157. The predicted octanol–water partition coefficient (Wildman–Crippen LogP) is 2.31. The first-order valence-electron chi connectivity index (χ1n) is 3.24. The van der Waals surface area contributed by atoms with Crippen LogP contribution in [-0.2, 0) is 9.53 Å². The Morgan fingerprint density at radius 1 is 1.58 bits per heavy atom. The zero-order chi connectivity index (χ0) is 9.78. The lowest BCUT2D eigenvalue weighted by atomic mass is 10.3. The van der Waals surface area contributed by atoms with Crippen LogP contribution in [0.4, 0.5) is 13.2 Å². The number of hydrogen-bond acceptors (Lipinski definition) is 2. The summed E-state index contributed by atoms with van der Waals surface area (Å²) in [5.74, 6) is -0.810. The van der Waals surface area contributed by atoms with Gasteiger partial charge in [-0.2, -0.15) is 13.2 Å². The molecule has 0 rings (SSSR count). The number of rotatable bonds is 3. The zero-order valence-electron chi connectivity index (χ0n) is 6.32. The summed E-state index contributed by atoms with van der Waals surface area (Å²) >= 11 is 1.42. The van der Waals surface area contributed by atoms with Crippen molar-refractivity contribution in [3.05, 3.63) is 0 Å². The molecule has 0 aliphatic heterocycles. The maximum atomic E-state index is 11.7. The fourth-order valence-corrected chi connectivity index (χ4v) is 1.20. The average Bonchev–Trinajstić information content (AvgIpc) is 1.84. The van der Waals surface area contributed by atoms with Gasteiger partial charge in [0.1, 0.15) is 3.92 Å². The van der Waals surface area contributed by atoms with E-state index in [2.05, 4.69) is 4.74 Å². The Morgan fingerprint density at radius 2 is 2.08 bits per heavy atom. The Hall–Kier alpha value is -0.0100. The second kappa shape index (κ2) is 4.88. The molecule has 0 heterocycles. The number of alkyl halides is 4. The van der Waals surface area contributed by atoms with Crippen molar-refractivity contribution in [1.82, 2.24) is 0 Å². The van der Waals surface area contributed by atoms with E-state index >= 15 is 0 Å². The summed E-state index contributed by atoms with van der Waals surface area (Å²) in [6.45, 7) is 1.66. The summed E-state index contributed by atoms with van der Waals surface area (Å²) in [4.78, 5) is 10.7. The quantitative estimate of drug-likeness (QED) is 0.454. The van der Waals surface area contributed by atoms with Gasteiger partial charge in [0.2, 0.25) is 0 Å². The summed E-state index contributed by atoms with van der Waals surface area (Å²) in [6, 6.07) is 0. The molecule has 0 aromatic rings. The lowest BCUT2D eigenvalue weighted by Gasteiger charge is -2.10. The Labute approximate surface area is 81.6 Å². The monoisotopic (exact) mass is 296 g/mol. The Kier molecular flexibility index (Phi) is 4.88. The largest absolute Gasteiger partial charge is 0.465 e. The minimum atomic E-state index is -4.31. The zero-order valence-corrected chi connectivity index (χ0v) is 8.48. The number of ether oxygens (including phenoxy) is 1. The Morgan fingerprint density at radius 3 is 2.42 bits per heavy atom. The summed E-state index contributed by atoms with van der Waals surface area (Å²) in [7, 11) is 0. The van der Waals surface area contributed by atoms with Gasteiger partial charge in [-0.1, -0.05) is 22.6 Å². The standard InChI is InChI=1S/C6H8F3IO2/c1-2-12-5(11)4(10)3-6(7,8)9/h4H,2-3H2,1H3. The van der Waals surface area contributed by atoms with E-state index in [1.165, 1.54) is 22.6 Å². The van der Waals surface area contributed by atoms with Crippen LogP contribution in [0.1, 0.15) is 13.3 Å². The van der Waals surface area contributed by atoms with Crippen LogP contribution < -0.4 is 0 Å². The average molecular weight is 296 g/mol. The molecule has 2 nitrogen and oxygen atoms in total. The predicted molar refractivity (Wildman–Crippen MR) is 45.1 cm³/mol. The van der Waals surface area contributed by atoms with Crippen molar-refractivity contribution >= 4 is 28.6 Å². The van der Waals surface area contributed by atoms with E-state index in [0.717, 1.165) is 0 Å². The van der Waals surface area contributed by atoms with Crippen molar-refractivity contribution in [3.8, 4) is 0 Å². The van der Waals surface area contributed by atoms with E-state index in [1.54, 1.807) is 6.92 Å². The van der Waals surface area contributed by atoms with E-state index in [1.807, 2.05) is 0 Å². The van der Waals surface area contributed by atoms with Crippen LogP contribution in [0.5, 0.6) is 0 Å². The van der Waals surface area contributed by atoms with Crippen molar-refractivity contribution < 1.29 is 22.7 Å². The number of hydrogen-bond donors (Lipinski definition) is 0. The summed E-state index contributed by atoms with van der Waals surface area (Å²) < 4.78 is 38.3. The highest BCUT2D eigenvalue weighted by molar-refractivity contribution is 14.1. The maximum Gasteiger partial charge on any atom is 0.390 e. The molecule has 0 aromatic heterocycles. The smallest absolute Gasteiger partial charge is 0.390 e. The first-order chi connectivity index (χ1) is 5.37. The lowest BCUT2D eigenvalue weighted by Crippen LogP contribution is -2.24. The molecule has 0 aliphatic carbocycles. The molecule has 0 saturated carbocycles. The fourth-order valence-electron chi connectivity index (χ4n) is 0.519. The number of carbonyl (C=O) groups is 1. The van der Waals surface area contributed by atoms with Gasteiger partial charge in [-0.25, -0.2) is 0 Å². The van der Waals surface area contributed by atoms with Crippen LogP contribution in [0.2, 0.25) is 0 Å². The molecule has 1 atom stereocenters. The fraction of sp³-hybridized carbons (Fsp3) is 0.833. The van der Waals surface area contributed by atoms with Gasteiger partial charge < -0.3 is 4.74 Å². The first kappa shape index (κ1) is 12.0. The molecule has 72 valence electrons. The summed E-state index contributed by atoms with van der Waals surface area (Å²) in [6.07, 6.45) is -5.44. The van der Waals surface area contributed by atoms with Crippen molar-refractivity contribution in [2.45, 2.75) is 23.4 Å². The van der Waals surface area contributed by atoms with Gasteiger partial charge in [-0.05, 0) is 6.92 Å². The van der Waals surface area contributed by atoms with Crippen LogP contribution in [0, 0.1) is 0 Å². The highest BCUT2D eigenvalue weighted by atomic mass is 127. The number of carbonyl (C=O) groups excluding carboxylic acids is 1. The van der Waals surface area contributed by atoms with Crippen LogP contribution in [0.25, 0.3) is 0 Å². The van der Waals surface area contributed by atoms with E-state index in [4.69, 9.17) is 0 Å². The summed E-state index contributed by atoms with van der Waals surface area (Å²) in [5.41, 5.74) is 0. The topological polar surface area (TPSA) is 26.3 Å². The van der Waals surface area contributed by atoms with Gasteiger partial charge in [0.15, 0.2) is 0 Å². The van der Waals surface area contributed by atoms with Crippen LogP contribution in [0.3, 0.4) is 0 Å². The highest BCUT2D eigenvalue weighted by Gasteiger charge is 2.34. The molecule has 0 radical (unpaired) electrons. The van der Waals surface area contributed by atoms with Crippen LogP contribution in [0.15, 0.2) is 0 Å². The van der Waals surface area contributed by atoms with Crippen molar-refractivity contribution in [3.63, 3.8) is 0 Å². The minimum absolute atomic E-state index is 0.107. The van der Waals surface area contributed by atoms with Crippen molar-refractivity contribution in [2.24, 2.45) is 0 Å². The molecule has 1 unspecified atom stereocenters. The van der Waals surface area contributed by atoms with Crippen LogP contribution >= 0.6 is 22.6 Å². The van der Waals surface area contributed by atoms with E-state index in [0.29, 0.717) is 0 Å². The Balaban J connectivity index is 3.87. The molecule has 0 bridgehead atoms. The SMILES string of the molecule is CCOC(=O)C(I)CC(F)(F)F. The molecule has 0 fully saturated rings. The molecular formula is C6H8F3IO2. The number of esters is 1. The molecule has 0 aliphatic rings. The third-order valence-corrected chi connectivity index (χ3v) is 1.90. The molecule has 6 heteroatoms. The summed E-state index contributed by atoms with van der Waals surface area (Å²) in [5, 5.41) is 0. The lowest BCUT2D eigenvalue weighted by molar-refractivity contribution is -0.154. The maximum absolute atomic E-state index is 11.7. The van der Waals surface area contributed by atoms with Gasteiger partial charge in [0.05, 0.1) is 13.0 Å². The molecule has 0 aromatic carbocycles. The van der Waals surface area contributed by atoms with E-state index < -0.39 is 22.5 Å². The normalized spacial score (nSPS) is 14.1. The minimum Gasteiger partial charge on any atom is -0.465 e. The van der Waals surface area contributed by atoms with E-state index in [9.17, 15) is 18.0 Å². The molecule has 0 saturated heterocycles. The highest BCUT2D eigenvalue weighted by Crippen LogP contribution is 2.25. The molecule has 12 heavy (non-hydrogen) atoms. The van der Waals surface area contributed by atoms with Gasteiger partial charge in [-0.3, -0.25) is 4.79 Å². The van der Waals surface area contributed by atoms with Gasteiger partial charge in [0, 0.05) is 0 Å². The van der Waals surface area contributed by atoms with Gasteiger partial charge >= 0.3 is 12.1 Å². The van der Waals surface area contributed by atoms with Crippen molar-refractivity contribution in [1.29, 1.82) is 0 Å². The van der Waals surface area contributed by atoms with E-state index in [-0.39, 0.29) is 6.61 Å². The number of halogens is 4. The van der Waals surface area contributed by atoms with Gasteiger partial charge in [0.25, 0.3) is 0 Å². The molecule has 0 N–H and O–H groups in total. The van der Waals surface area contributed by atoms with Gasteiger partial charge in [-0.15, -0.1) is 0 Å². The molecule has 0 spiro atoms. The second-order valence-electron chi connectivity index (χ2n) is 2.04. The molecular weight excluding hydrogens is 288 g/mol. The van der Waals surface area contributed by atoms with Crippen LogP contribution in [-0.4, -0.2) is 22.7 Å². The third kappa shape index (κ3) is 5.62.